The molecule has 5 heteroatoms. The van der Waals surface area contributed by atoms with Gasteiger partial charge in [-0.1, -0.05) is 0 Å². The Morgan fingerprint density at radius 1 is 1.31 bits per heavy atom. The van der Waals surface area contributed by atoms with Crippen molar-refractivity contribution in [3.05, 3.63) is 22.1 Å². The molecule has 0 aromatic rings. The summed E-state index contributed by atoms with van der Waals surface area (Å²) in [4.78, 5) is 0. The van der Waals surface area contributed by atoms with Gasteiger partial charge in [-0.05, 0) is 0 Å². The Hall–Kier alpha value is 0.951. The van der Waals surface area contributed by atoms with E-state index in [2.05, 4.69) is 55.9 Å². The molecule has 0 saturated carbocycles. The van der Waals surface area contributed by atoms with E-state index in [1.54, 1.807) is 0 Å². The van der Waals surface area contributed by atoms with Crippen molar-refractivity contribution in [3.63, 3.8) is 0 Å². The molecule has 1 aliphatic rings. The van der Waals surface area contributed by atoms with Crippen LogP contribution in [0.4, 0.5) is 0 Å². The summed E-state index contributed by atoms with van der Waals surface area (Å²) in [6.07, 6.45) is 7.27. The van der Waals surface area contributed by atoms with E-state index in [9.17, 15) is 0 Å². The third-order valence-corrected chi connectivity index (χ3v) is 34.5. The predicted molar refractivity (Wildman–Crippen MR) is 75.3 cm³/mol. The molecule has 0 radical (unpaired) electrons. The Labute approximate surface area is 109 Å². The Morgan fingerprint density at radius 3 is 2.19 bits per heavy atom. The van der Waals surface area contributed by atoms with Gasteiger partial charge in [0.15, 0.2) is 0 Å². The summed E-state index contributed by atoms with van der Waals surface area (Å²) in [5, 5.41) is 0. The fraction of sp³-hybridized carbons (Fsp3) is 0.636. The molecule has 0 heterocycles. The summed E-state index contributed by atoms with van der Waals surface area (Å²) in [6.45, 7) is 9.77. The summed E-state index contributed by atoms with van der Waals surface area (Å²) in [5.74, 6) is 0. The molecule has 93 valence electrons. The van der Waals surface area contributed by atoms with Crippen LogP contribution in [0.25, 0.3) is 0 Å². The molecule has 0 aromatic carbocycles. The molecule has 0 spiro atoms. The Balaban J connectivity index is 3.13. The normalized spacial score (nSPS) is 19.8. The van der Waals surface area contributed by atoms with Crippen molar-refractivity contribution in [1.82, 2.24) is 3.80 Å². The monoisotopic (exact) mass is 314 g/mol. The van der Waals surface area contributed by atoms with E-state index in [-0.39, 0.29) is 5.54 Å². The van der Waals surface area contributed by atoms with Crippen molar-refractivity contribution in [2.45, 2.75) is 45.8 Å². The summed E-state index contributed by atoms with van der Waals surface area (Å²) >= 11 is -3.64. The SMILES string of the molecule is C[SiH](C)[Ti]([Cl])([Cl])([NH]C(C)(C)C)[C]1=CC=CC1. The minimum absolute atomic E-state index is 0.0264. The second kappa shape index (κ2) is 4.56. The maximum absolute atomic E-state index is 7.02. The van der Waals surface area contributed by atoms with Crippen LogP contribution in [0.1, 0.15) is 27.2 Å². The van der Waals surface area contributed by atoms with Gasteiger partial charge in [0.2, 0.25) is 0 Å². The van der Waals surface area contributed by atoms with Crippen LogP contribution < -0.4 is 3.80 Å². The van der Waals surface area contributed by atoms with E-state index in [0.29, 0.717) is 0 Å². The van der Waals surface area contributed by atoms with Crippen LogP contribution in [0.3, 0.4) is 0 Å². The van der Waals surface area contributed by atoms with Gasteiger partial charge in [-0.25, -0.2) is 0 Å². The van der Waals surface area contributed by atoms with Crippen molar-refractivity contribution in [3.8, 4) is 0 Å². The van der Waals surface area contributed by atoms with Crippen molar-refractivity contribution in [2.24, 2.45) is 0 Å². The van der Waals surface area contributed by atoms with Crippen LogP contribution in [0, 0.1) is 0 Å². The predicted octanol–water partition coefficient (Wildman–Crippen LogP) is 4.11. The van der Waals surface area contributed by atoms with E-state index in [1.165, 1.54) is 3.88 Å². The molecular formula is C11H22Cl2NSiTi. The van der Waals surface area contributed by atoms with Gasteiger partial charge in [0, 0.05) is 0 Å². The summed E-state index contributed by atoms with van der Waals surface area (Å²) in [5.41, 5.74) is -0.0264. The number of hydrogen-bond donors (Lipinski definition) is 1. The molecule has 0 saturated heterocycles. The van der Waals surface area contributed by atoms with Crippen LogP contribution in [0.2, 0.25) is 13.1 Å². The van der Waals surface area contributed by atoms with Crippen molar-refractivity contribution in [2.75, 3.05) is 0 Å². The minimum atomic E-state index is -3.64. The topological polar surface area (TPSA) is 12.0 Å². The first-order chi connectivity index (χ1) is 7.05. The third kappa shape index (κ3) is 3.04. The van der Waals surface area contributed by atoms with Crippen LogP contribution in [0.15, 0.2) is 22.1 Å². The van der Waals surface area contributed by atoms with Gasteiger partial charge in [-0.15, -0.1) is 0 Å². The van der Waals surface area contributed by atoms with E-state index in [1.807, 2.05) is 0 Å². The van der Waals surface area contributed by atoms with Gasteiger partial charge < -0.3 is 0 Å². The molecule has 1 N–H and O–H groups in total. The number of rotatable bonds is 3. The third-order valence-electron chi connectivity index (χ3n) is 2.98. The van der Waals surface area contributed by atoms with E-state index >= 15 is 0 Å². The number of nitrogens with one attached hydrogen (secondary N) is 1. The molecule has 0 fully saturated rings. The van der Waals surface area contributed by atoms with Crippen LogP contribution in [-0.4, -0.2) is 12.2 Å². The first kappa shape index (κ1) is 15.0. The molecule has 0 aliphatic heterocycles. The fourth-order valence-electron chi connectivity index (χ4n) is 2.07. The van der Waals surface area contributed by atoms with Gasteiger partial charge in [-0.2, -0.15) is 0 Å². The molecule has 0 atom stereocenters. The Bertz CT molecular complexity index is 342. The summed E-state index contributed by atoms with van der Waals surface area (Å²) in [6, 6.07) is 0. The fourth-order valence-corrected chi connectivity index (χ4v) is 17.9. The molecule has 0 aromatic heterocycles. The van der Waals surface area contributed by atoms with Gasteiger partial charge >= 0.3 is 110 Å². The molecule has 16 heavy (non-hydrogen) atoms. The van der Waals surface area contributed by atoms with E-state index < -0.39 is 19.4 Å². The van der Waals surface area contributed by atoms with E-state index in [0.717, 1.165) is 6.42 Å². The zero-order chi connectivity index (χ0) is 12.6. The summed E-state index contributed by atoms with van der Waals surface area (Å²) < 4.78 is 4.90. The molecule has 0 unspecified atom stereocenters. The molecule has 0 amide bonds. The first-order valence-corrected chi connectivity index (χ1v) is 17.2. The average molecular weight is 315 g/mol. The molecular weight excluding hydrogens is 293 g/mol. The van der Waals surface area contributed by atoms with Gasteiger partial charge in [0.25, 0.3) is 0 Å². The molecule has 1 aliphatic carbocycles. The molecule has 1 rings (SSSR count). The van der Waals surface area contributed by atoms with Crippen molar-refractivity contribution < 1.29 is 12.7 Å². The Morgan fingerprint density at radius 2 is 1.88 bits per heavy atom. The number of halogens is 2. The number of allylic oxidation sites excluding steroid dienone is 4. The average Bonchev–Trinajstić information content (AvgIpc) is 2.50. The zero-order valence-corrected chi connectivity index (χ0v) is 15.0. The molecule has 1 nitrogen and oxygen atoms in total. The van der Waals surface area contributed by atoms with Crippen LogP contribution in [-0.2, 0) is 12.7 Å². The second-order valence-electron chi connectivity index (χ2n) is 5.94. The van der Waals surface area contributed by atoms with E-state index in [4.69, 9.17) is 18.6 Å². The standard InChI is InChI=1S/C5H5.C4H10N.C2H7Si.2ClH.Ti/c1-2-4-5-3-1;1-4(2,3)5;1-3-2;;;/h1-3H,4H2;5H,1-3H3;3H,1-2H3;2*1H;/q;-1;;;;+3/p-2. The molecule has 0 bridgehead atoms. The first-order valence-electron chi connectivity index (χ1n) is 5.79. The van der Waals surface area contributed by atoms with Gasteiger partial charge in [0.05, 0.1) is 0 Å². The van der Waals surface area contributed by atoms with Gasteiger partial charge in [0.1, 0.15) is 0 Å². The van der Waals surface area contributed by atoms with Crippen LogP contribution in [0.5, 0.6) is 0 Å². The van der Waals surface area contributed by atoms with Gasteiger partial charge in [-0.3, -0.25) is 0 Å². The quantitative estimate of drug-likeness (QED) is 0.773. The van der Waals surface area contributed by atoms with Crippen molar-refractivity contribution in [1.29, 1.82) is 0 Å². The van der Waals surface area contributed by atoms with Crippen molar-refractivity contribution >= 4 is 25.3 Å². The maximum atomic E-state index is 7.02. The number of hydrogen-bond acceptors (Lipinski definition) is 1. The van der Waals surface area contributed by atoms with Crippen LogP contribution >= 0.6 is 18.6 Å². The Kier molecular flexibility index (Phi) is 4.28. The zero-order valence-electron chi connectivity index (χ0n) is 10.8. The second-order valence-corrected chi connectivity index (χ2v) is 33.5. The summed E-state index contributed by atoms with van der Waals surface area (Å²) in [7, 11) is 14.0.